The number of piperidine rings is 1. The van der Waals surface area contributed by atoms with Crippen molar-refractivity contribution in [3.8, 4) is 0 Å². The van der Waals surface area contributed by atoms with E-state index in [0.717, 1.165) is 42.6 Å². The molecule has 0 bridgehead atoms. The Morgan fingerprint density at radius 1 is 1.28 bits per heavy atom. The molecule has 29 heavy (non-hydrogen) atoms. The molecule has 1 atom stereocenters. The molecule has 0 spiro atoms. The van der Waals surface area contributed by atoms with Gasteiger partial charge in [0.25, 0.3) is 0 Å². The lowest BCUT2D eigenvalue weighted by atomic mass is 10.0. The number of amides is 2. The summed E-state index contributed by atoms with van der Waals surface area (Å²) in [5, 5.41) is 3.78. The van der Waals surface area contributed by atoms with E-state index >= 15 is 0 Å². The number of hydrogen-bond acceptors (Lipinski definition) is 2. The first-order valence-corrected chi connectivity index (χ1v) is 10.5. The monoisotopic (exact) mass is 417 g/mol. The summed E-state index contributed by atoms with van der Waals surface area (Å²) in [6.07, 6.45) is 1.80. The third-order valence-electron chi connectivity index (χ3n) is 5.66. The van der Waals surface area contributed by atoms with Crippen LogP contribution >= 0.6 is 11.6 Å². The lowest BCUT2D eigenvalue weighted by Crippen LogP contribution is -2.50. The van der Waals surface area contributed by atoms with Crippen LogP contribution in [0.3, 0.4) is 0 Å². The molecule has 1 heterocycles. The van der Waals surface area contributed by atoms with Gasteiger partial charge in [-0.15, -0.1) is 0 Å². The van der Waals surface area contributed by atoms with Crippen molar-refractivity contribution in [3.05, 3.63) is 70.0 Å². The summed E-state index contributed by atoms with van der Waals surface area (Å²) in [5.41, 5.74) is 2.67. The van der Waals surface area contributed by atoms with Crippen LogP contribution in [0.15, 0.2) is 42.5 Å². The number of benzene rings is 2. The van der Waals surface area contributed by atoms with Gasteiger partial charge in [-0.25, -0.2) is 9.18 Å². The molecule has 6 heteroatoms. The number of likely N-dealkylation sites (tertiary alicyclic amines) is 1. The Morgan fingerprint density at radius 2 is 1.97 bits per heavy atom. The van der Waals surface area contributed by atoms with E-state index in [1.165, 1.54) is 12.1 Å². The number of rotatable bonds is 5. The fourth-order valence-electron chi connectivity index (χ4n) is 3.86. The van der Waals surface area contributed by atoms with E-state index in [4.69, 9.17) is 11.6 Å². The Hall–Kier alpha value is -2.11. The van der Waals surface area contributed by atoms with Gasteiger partial charge in [0.15, 0.2) is 0 Å². The SMILES string of the molecule is Cc1cccc(C(C)NC(=O)N(Cc2cccc(F)c2)C2CCN(C)CC2)c1Cl. The Morgan fingerprint density at radius 3 is 2.66 bits per heavy atom. The van der Waals surface area contributed by atoms with Crippen LogP contribution in [0.25, 0.3) is 0 Å². The average Bonchev–Trinajstić information content (AvgIpc) is 2.69. The third kappa shape index (κ3) is 5.49. The lowest BCUT2D eigenvalue weighted by Gasteiger charge is -2.38. The molecule has 1 fully saturated rings. The first kappa shape index (κ1) is 21.6. The maximum atomic E-state index is 13.7. The highest BCUT2D eigenvalue weighted by Crippen LogP contribution is 2.27. The van der Waals surface area contributed by atoms with Gasteiger partial charge in [0.05, 0.1) is 6.04 Å². The van der Waals surface area contributed by atoms with E-state index in [2.05, 4.69) is 17.3 Å². The van der Waals surface area contributed by atoms with Crippen LogP contribution in [0.4, 0.5) is 9.18 Å². The normalized spacial score (nSPS) is 16.4. The number of carbonyl (C=O) groups excluding carboxylic acids is 1. The third-order valence-corrected chi connectivity index (χ3v) is 6.18. The highest BCUT2D eigenvalue weighted by molar-refractivity contribution is 6.32. The van der Waals surface area contributed by atoms with Crippen molar-refractivity contribution >= 4 is 17.6 Å². The molecule has 1 unspecified atom stereocenters. The van der Waals surface area contributed by atoms with Crippen molar-refractivity contribution < 1.29 is 9.18 Å². The molecule has 0 aliphatic carbocycles. The maximum absolute atomic E-state index is 13.7. The fourth-order valence-corrected chi connectivity index (χ4v) is 4.15. The zero-order valence-electron chi connectivity index (χ0n) is 17.3. The van der Waals surface area contributed by atoms with Gasteiger partial charge < -0.3 is 15.1 Å². The number of nitrogens with one attached hydrogen (secondary N) is 1. The van der Waals surface area contributed by atoms with Crippen LogP contribution in [-0.2, 0) is 6.54 Å². The first-order valence-electron chi connectivity index (χ1n) is 10.1. The van der Waals surface area contributed by atoms with Crippen LogP contribution in [-0.4, -0.2) is 42.0 Å². The summed E-state index contributed by atoms with van der Waals surface area (Å²) in [7, 11) is 2.09. The minimum atomic E-state index is -0.286. The molecule has 4 nitrogen and oxygen atoms in total. The number of nitrogens with zero attached hydrogens (tertiary/aromatic N) is 2. The number of aryl methyl sites for hydroxylation is 1. The summed E-state index contributed by atoms with van der Waals surface area (Å²) in [6.45, 7) is 6.16. The van der Waals surface area contributed by atoms with Gasteiger partial charge in [0.2, 0.25) is 0 Å². The molecule has 2 aromatic rings. The Labute approximate surface area is 177 Å². The van der Waals surface area contributed by atoms with Gasteiger partial charge in [-0.2, -0.15) is 0 Å². The van der Waals surface area contributed by atoms with Gasteiger partial charge >= 0.3 is 6.03 Å². The zero-order valence-corrected chi connectivity index (χ0v) is 18.0. The van der Waals surface area contributed by atoms with E-state index < -0.39 is 0 Å². The zero-order chi connectivity index (χ0) is 21.0. The lowest BCUT2D eigenvalue weighted by molar-refractivity contribution is 0.125. The molecule has 0 aromatic heterocycles. The van der Waals surface area contributed by atoms with Crippen molar-refractivity contribution in [2.75, 3.05) is 20.1 Å². The summed E-state index contributed by atoms with van der Waals surface area (Å²) in [4.78, 5) is 17.4. The molecule has 2 amide bonds. The van der Waals surface area contributed by atoms with Gasteiger partial charge in [-0.1, -0.05) is 41.9 Å². The van der Waals surface area contributed by atoms with Crippen LogP contribution in [0.1, 0.15) is 42.5 Å². The van der Waals surface area contributed by atoms with Crippen LogP contribution in [0, 0.1) is 12.7 Å². The number of carbonyl (C=O) groups is 1. The topological polar surface area (TPSA) is 35.6 Å². The number of halogens is 2. The van der Waals surface area contributed by atoms with E-state index in [1.54, 1.807) is 6.07 Å². The molecule has 156 valence electrons. The predicted molar refractivity (Wildman–Crippen MR) is 116 cm³/mol. The van der Waals surface area contributed by atoms with Gasteiger partial charge in [0.1, 0.15) is 5.82 Å². The molecule has 0 radical (unpaired) electrons. The van der Waals surface area contributed by atoms with Crippen LogP contribution < -0.4 is 5.32 Å². The number of hydrogen-bond donors (Lipinski definition) is 1. The van der Waals surface area contributed by atoms with E-state index in [9.17, 15) is 9.18 Å². The van der Waals surface area contributed by atoms with Crippen molar-refractivity contribution in [2.45, 2.75) is 45.3 Å². The van der Waals surface area contributed by atoms with Gasteiger partial charge in [-0.3, -0.25) is 0 Å². The highest BCUT2D eigenvalue weighted by Gasteiger charge is 2.28. The molecule has 0 saturated carbocycles. The minimum absolute atomic E-state index is 0.120. The molecular formula is C23H29ClFN3O. The quantitative estimate of drug-likeness (QED) is 0.729. The molecule has 1 aliphatic heterocycles. The second-order valence-corrected chi connectivity index (χ2v) is 8.32. The maximum Gasteiger partial charge on any atom is 0.318 e. The summed E-state index contributed by atoms with van der Waals surface area (Å²) in [6, 6.07) is 12.0. The summed E-state index contributed by atoms with van der Waals surface area (Å²) >= 11 is 6.45. The minimum Gasteiger partial charge on any atom is -0.331 e. The molecule has 1 aliphatic rings. The standard InChI is InChI=1S/C23H29ClFN3O/c1-16-6-4-9-21(22(16)24)17(2)26-23(29)28(20-10-12-27(3)13-11-20)15-18-7-5-8-19(25)14-18/h4-9,14,17,20H,10-13,15H2,1-3H3,(H,26,29). The summed E-state index contributed by atoms with van der Waals surface area (Å²) in [5.74, 6) is -0.286. The fraction of sp³-hybridized carbons (Fsp3) is 0.435. The van der Waals surface area contributed by atoms with Crippen molar-refractivity contribution in [1.29, 1.82) is 0 Å². The van der Waals surface area contributed by atoms with E-state index in [-0.39, 0.29) is 23.9 Å². The van der Waals surface area contributed by atoms with Crippen LogP contribution in [0.5, 0.6) is 0 Å². The molecule has 3 rings (SSSR count). The largest absolute Gasteiger partial charge is 0.331 e. The van der Waals surface area contributed by atoms with E-state index in [1.807, 2.05) is 43.0 Å². The summed E-state index contributed by atoms with van der Waals surface area (Å²) < 4.78 is 13.7. The second-order valence-electron chi connectivity index (χ2n) is 7.94. The first-order chi connectivity index (χ1) is 13.8. The van der Waals surface area contributed by atoms with Crippen molar-refractivity contribution in [2.24, 2.45) is 0 Å². The van der Waals surface area contributed by atoms with Crippen molar-refractivity contribution in [1.82, 2.24) is 15.1 Å². The Kier molecular flexibility index (Phi) is 7.14. The average molecular weight is 418 g/mol. The molecule has 2 aromatic carbocycles. The van der Waals surface area contributed by atoms with Crippen LogP contribution in [0.2, 0.25) is 5.02 Å². The van der Waals surface area contributed by atoms with Gasteiger partial charge in [0, 0.05) is 17.6 Å². The second kappa shape index (κ2) is 9.59. The Bertz CT molecular complexity index is 852. The number of urea groups is 1. The smallest absolute Gasteiger partial charge is 0.318 e. The predicted octanol–water partition coefficient (Wildman–Crippen LogP) is 5.15. The molecular weight excluding hydrogens is 389 g/mol. The highest BCUT2D eigenvalue weighted by atomic mass is 35.5. The van der Waals surface area contributed by atoms with E-state index in [0.29, 0.717) is 11.6 Å². The van der Waals surface area contributed by atoms with Crippen molar-refractivity contribution in [3.63, 3.8) is 0 Å². The molecule has 1 saturated heterocycles. The molecule has 1 N–H and O–H groups in total. The van der Waals surface area contributed by atoms with Gasteiger partial charge in [-0.05, 0) is 75.6 Å². The Balaban J connectivity index is 1.78.